The molecule has 20 heavy (non-hydrogen) atoms. The average molecular weight is 276 g/mol. The van der Waals surface area contributed by atoms with E-state index in [0.717, 1.165) is 43.6 Å². The van der Waals surface area contributed by atoms with Gasteiger partial charge >= 0.3 is 0 Å². The lowest BCUT2D eigenvalue weighted by Gasteiger charge is -2.32. The van der Waals surface area contributed by atoms with Crippen LogP contribution in [0.15, 0.2) is 36.1 Å². The maximum atomic E-state index is 12.2. The van der Waals surface area contributed by atoms with Crippen LogP contribution in [0.5, 0.6) is 0 Å². The molecule has 1 atom stereocenters. The number of carbonyl (C=O) groups is 1. The minimum Gasteiger partial charge on any atom is -0.309 e. The number of amides is 1. The van der Waals surface area contributed by atoms with E-state index in [9.17, 15) is 4.79 Å². The first-order chi connectivity index (χ1) is 9.47. The van der Waals surface area contributed by atoms with Crippen molar-refractivity contribution in [3.05, 3.63) is 36.1 Å². The van der Waals surface area contributed by atoms with Crippen LogP contribution in [0, 0.1) is 0 Å². The SMILES string of the molecule is C=C(C)/C(=C\C=C/C)N(C(C)=O)C1CCCN(C)CC1. The molecule has 0 aliphatic carbocycles. The van der Waals surface area contributed by atoms with E-state index in [1.54, 1.807) is 6.92 Å². The standard InChI is InChI=1S/C17H28N2O/c1-6-7-10-17(14(2)3)19(15(4)20)16-9-8-12-18(5)13-11-16/h6-7,10,16H,2,8-9,11-13H2,1,3-5H3/b7-6-,17-10+. The van der Waals surface area contributed by atoms with E-state index in [-0.39, 0.29) is 11.9 Å². The molecule has 0 spiro atoms. The summed E-state index contributed by atoms with van der Waals surface area (Å²) in [6.45, 7) is 11.8. The normalized spacial score (nSPS) is 21.8. The summed E-state index contributed by atoms with van der Waals surface area (Å²) in [5.74, 6) is 0.110. The topological polar surface area (TPSA) is 23.6 Å². The molecule has 1 rings (SSSR count). The Morgan fingerprint density at radius 2 is 2.00 bits per heavy atom. The van der Waals surface area contributed by atoms with Crippen LogP contribution in [-0.2, 0) is 4.79 Å². The van der Waals surface area contributed by atoms with Crippen molar-refractivity contribution >= 4 is 5.91 Å². The van der Waals surface area contributed by atoms with Crippen molar-refractivity contribution in [2.24, 2.45) is 0 Å². The Hall–Kier alpha value is -1.35. The summed E-state index contributed by atoms with van der Waals surface area (Å²) in [4.78, 5) is 16.4. The third-order valence-corrected chi connectivity index (χ3v) is 3.77. The molecule has 1 fully saturated rings. The third kappa shape index (κ3) is 4.64. The molecule has 0 aromatic heterocycles. The molecule has 0 bridgehead atoms. The van der Waals surface area contributed by atoms with Crippen LogP contribution in [0.2, 0.25) is 0 Å². The van der Waals surface area contributed by atoms with Crippen molar-refractivity contribution in [3.8, 4) is 0 Å². The van der Waals surface area contributed by atoms with Crippen LogP contribution in [0.4, 0.5) is 0 Å². The maximum Gasteiger partial charge on any atom is 0.224 e. The summed E-state index contributed by atoms with van der Waals surface area (Å²) in [5.41, 5.74) is 1.89. The first-order valence-corrected chi connectivity index (χ1v) is 7.44. The van der Waals surface area contributed by atoms with Gasteiger partial charge in [-0.2, -0.15) is 0 Å². The molecule has 1 unspecified atom stereocenters. The van der Waals surface area contributed by atoms with E-state index in [2.05, 4.69) is 18.5 Å². The van der Waals surface area contributed by atoms with E-state index in [1.165, 1.54) is 0 Å². The molecule has 0 saturated carbocycles. The van der Waals surface area contributed by atoms with Gasteiger partial charge in [0, 0.05) is 18.7 Å². The number of hydrogen-bond donors (Lipinski definition) is 0. The van der Waals surface area contributed by atoms with Gasteiger partial charge in [-0.05, 0) is 64.9 Å². The van der Waals surface area contributed by atoms with Gasteiger partial charge in [0.1, 0.15) is 0 Å². The molecule has 3 nitrogen and oxygen atoms in total. The van der Waals surface area contributed by atoms with Crippen LogP contribution in [0.1, 0.15) is 40.0 Å². The predicted octanol–water partition coefficient (Wildman–Crippen LogP) is 3.36. The van der Waals surface area contributed by atoms with E-state index >= 15 is 0 Å². The van der Waals surface area contributed by atoms with Gasteiger partial charge in [-0.25, -0.2) is 0 Å². The lowest BCUT2D eigenvalue weighted by molar-refractivity contribution is -0.128. The maximum absolute atomic E-state index is 12.2. The summed E-state index contributed by atoms with van der Waals surface area (Å²) in [7, 11) is 2.15. The Morgan fingerprint density at radius 3 is 2.55 bits per heavy atom. The first-order valence-electron chi connectivity index (χ1n) is 7.44. The van der Waals surface area contributed by atoms with Crippen LogP contribution in [0.25, 0.3) is 0 Å². The quantitative estimate of drug-likeness (QED) is 0.735. The fourth-order valence-electron chi connectivity index (χ4n) is 2.72. The molecule has 1 heterocycles. The van der Waals surface area contributed by atoms with E-state index in [4.69, 9.17) is 0 Å². The molecule has 0 N–H and O–H groups in total. The van der Waals surface area contributed by atoms with Crippen molar-refractivity contribution in [2.45, 2.75) is 46.1 Å². The molecule has 112 valence electrons. The van der Waals surface area contributed by atoms with Gasteiger partial charge in [-0.1, -0.05) is 18.7 Å². The number of hydrogen-bond acceptors (Lipinski definition) is 2. The molecule has 0 aromatic rings. The molecule has 1 aliphatic heterocycles. The minimum atomic E-state index is 0.110. The molecule has 3 heteroatoms. The lowest BCUT2D eigenvalue weighted by Crippen LogP contribution is -2.39. The second kappa shape index (κ2) is 8.05. The fraction of sp³-hybridized carbons (Fsp3) is 0.588. The monoisotopic (exact) mass is 276 g/mol. The molecule has 1 saturated heterocycles. The van der Waals surface area contributed by atoms with Crippen LogP contribution in [-0.4, -0.2) is 41.9 Å². The average Bonchev–Trinajstić information content (AvgIpc) is 2.58. The van der Waals surface area contributed by atoms with Gasteiger partial charge in [-0.3, -0.25) is 4.79 Å². The highest BCUT2D eigenvalue weighted by Gasteiger charge is 2.26. The van der Waals surface area contributed by atoms with Crippen molar-refractivity contribution in [1.29, 1.82) is 0 Å². The van der Waals surface area contributed by atoms with Gasteiger partial charge < -0.3 is 9.80 Å². The Kier molecular flexibility index (Phi) is 6.73. The summed E-state index contributed by atoms with van der Waals surface area (Å²) >= 11 is 0. The Bertz CT molecular complexity index is 409. The molecule has 0 aromatic carbocycles. The number of carbonyl (C=O) groups excluding carboxylic acids is 1. The molecular weight excluding hydrogens is 248 g/mol. The summed E-state index contributed by atoms with van der Waals surface area (Å²) in [5, 5.41) is 0. The smallest absolute Gasteiger partial charge is 0.224 e. The Labute approximate surface area is 123 Å². The number of rotatable bonds is 4. The predicted molar refractivity (Wildman–Crippen MR) is 85.4 cm³/mol. The second-order valence-corrected chi connectivity index (χ2v) is 5.64. The van der Waals surface area contributed by atoms with Gasteiger partial charge in [0.2, 0.25) is 5.91 Å². The van der Waals surface area contributed by atoms with Crippen molar-refractivity contribution < 1.29 is 4.79 Å². The van der Waals surface area contributed by atoms with E-state index in [0.29, 0.717) is 0 Å². The van der Waals surface area contributed by atoms with Crippen LogP contribution in [0.3, 0.4) is 0 Å². The number of nitrogens with zero attached hydrogens (tertiary/aromatic N) is 2. The summed E-state index contributed by atoms with van der Waals surface area (Å²) in [6, 6.07) is 0.283. The van der Waals surface area contributed by atoms with Crippen LogP contribution < -0.4 is 0 Å². The molecule has 0 radical (unpaired) electrons. The van der Waals surface area contributed by atoms with Crippen molar-refractivity contribution in [3.63, 3.8) is 0 Å². The van der Waals surface area contributed by atoms with Crippen molar-refractivity contribution in [2.75, 3.05) is 20.1 Å². The first kappa shape index (κ1) is 16.7. The van der Waals surface area contributed by atoms with Crippen molar-refractivity contribution in [1.82, 2.24) is 9.80 Å². The zero-order valence-corrected chi connectivity index (χ0v) is 13.4. The summed E-state index contributed by atoms with van der Waals surface area (Å²) in [6.07, 6.45) is 9.17. The van der Waals surface area contributed by atoms with E-state index in [1.807, 2.05) is 37.0 Å². The van der Waals surface area contributed by atoms with Crippen LogP contribution >= 0.6 is 0 Å². The zero-order chi connectivity index (χ0) is 15.1. The third-order valence-electron chi connectivity index (χ3n) is 3.77. The Balaban J connectivity index is 3.02. The molecular formula is C17H28N2O. The number of allylic oxidation sites excluding steroid dienone is 4. The fourth-order valence-corrected chi connectivity index (χ4v) is 2.72. The second-order valence-electron chi connectivity index (χ2n) is 5.64. The lowest BCUT2D eigenvalue weighted by atomic mass is 10.0. The highest BCUT2D eigenvalue weighted by molar-refractivity contribution is 5.76. The Morgan fingerprint density at radius 1 is 1.30 bits per heavy atom. The van der Waals surface area contributed by atoms with Gasteiger partial charge in [0.05, 0.1) is 0 Å². The molecule has 1 aliphatic rings. The summed E-state index contributed by atoms with van der Waals surface area (Å²) < 4.78 is 0. The van der Waals surface area contributed by atoms with Gasteiger partial charge in [0.15, 0.2) is 0 Å². The largest absolute Gasteiger partial charge is 0.309 e. The minimum absolute atomic E-state index is 0.110. The van der Waals surface area contributed by atoms with Gasteiger partial charge in [-0.15, -0.1) is 0 Å². The zero-order valence-electron chi connectivity index (χ0n) is 13.4. The highest BCUT2D eigenvalue weighted by atomic mass is 16.2. The number of likely N-dealkylation sites (tertiary alicyclic amines) is 1. The highest BCUT2D eigenvalue weighted by Crippen LogP contribution is 2.24. The van der Waals surface area contributed by atoms with Gasteiger partial charge in [0.25, 0.3) is 0 Å². The van der Waals surface area contributed by atoms with E-state index < -0.39 is 0 Å². The molecule has 1 amide bonds.